The number of benzene rings is 3. The molecule has 8 nitrogen and oxygen atoms in total. The van der Waals surface area contributed by atoms with E-state index < -0.39 is 28.5 Å². The van der Waals surface area contributed by atoms with E-state index >= 15 is 0 Å². The number of carbonyl (C=O) groups is 2. The third-order valence-electron chi connectivity index (χ3n) is 6.85. The number of nitrogens with zero attached hydrogens (tertiary/aromatic N) is 2. The van der Waals surface area contributed by atoms with Crippen molar-refractivity contribution in [3.8, 4) is 5.75 Å². The summed E-state index contributed by atoms with van der Waals surface area (Å²) in [6, 6.07) is 16.7. The van der Waals surface area contributed by atoms with E-state index in [1.165, 1.54) is 17.0 Å². The number of carbonyl (C=O) groups excluding carboxylic acids is 2. The highest BCUT2D eigenvalue weighted by Crippen LogP contribution is 2.28. The first-order valence-electron chi connectivity index (χ1n) is 13.7. The zero-order valence-electron chi connectivity index (χ0n) is 24.4. The molecule has 2 amide bonds. The quantitative estimate of drug-likeness (QED) is 0.241. The second-order valence-electron chi connectivity index (χ2n) is 10.0. The van der Waals surface area contributed by atoms with E-state index in [1.54, 1.807) is 61.5 Å². The van der Waals surface area contributed by atoms with E-state index in [2.05, 4.69) is 5.32 Å². The number of sulfonamides is 1. The van der Waals surface area contributed by atoms with Crippen LogP contribution in [0, 0.1) is 6.92 Å². The van der Waals surface area contributed by atoms with Gasteiger partial charge in [0.25, 0.3) is 10.0 Å². The molecule has 0 radical (unpaired) electrons. The lowest BCUT2D eigenvalue weighted by Crippen LogP contribution is -2.52. The Morgan fingerprint density at radius 1 is 0.952 bits per heavy atom. The highest BCUT2D eigenvalue weighted by atomic mass is 35.5. The zero-order valence-corrected chi connectivity index (χ0v) is 26.8. The molecule has 0 aromatic heterocycles. The molecule has 3 aromatic carbocycles. The molecule has 42 heavy (non-hydrogen) atoms. The van der Waals surface area contributed by atoms with Crippen molar-refractivity contribution in [3.05, 3.63) is 87.9 Å². The average Bonchev–Trinajstić information content (AvgIpc) is 2.95. The second-order valence-corrected chi connectivity index (χ2v) is 12.7. The first-order valence-corrected chi connectivity index (χ1v) is 15.9. The number of halogens is 2. The van der Waals surface area contributed by atoms with Crippen molar-refractivity contribution in [2.45, 2.75) is 64.6 Å². The number of amides is 2. The molecule has 0 bridgehead atoms. The van der Waals surface area contributed by atoms with Gasteiger partial charge in [-0.2, -0.15) is 0 Å². The summed E-state index contributed by atoms with van der Waals surface area (Å²) in [5, 5.41) is 3.66. The smallest absolute Gasteiger partial charge is 0.264 e. The molecule has 11 heteroatoms. The zero-order chi connectivity index (χ0) is 31.0. The van der Waals surface area contributed by atoms with Gasteiger partial charge in [0.1, 0.15) is 18.3 Å². The van der Waals surface area contributed by atoms with Gasteiger partial charge in [0, 0.05) is 22.6 Å². The summed E-state index contributed by atoms with van der Waals surface area (Å²) in [6.45, 7) is 8.97. The van der Waals surface area contributed by atoms with Gasteiger partial charge in [-0.3, -0.25) is 13.9 Å². The molecule has 0 heterocycles. The molecule has 0 aliphatic heterocycles. The maximum Gasteiger partial charge on any atom is 0.264 e. The van der Waals surface area contributed by atoms with E-state index in [0.717, 1.165) is 9.87 Å². The number of nitrogens with one attached hydrogen (secondary N) is 1. The molecule has 1 N–H and O–H groups in total. The van der Waals surface area contributed by atoms with Gasteiger partial charge in [-0.1, -0.05) is 53.9 Å². The van der Waals surface area contributed by atoms with Crippen molar-refractivity contribution in [1.82, 2.24) is 10.2 Å². The summed E-state index contributed by atoms with van der Waals surface area (Å²) >= 11 is 12.5. The van der Waals surface area contributed by atoms with Crippen molar-refractivity contribution in [2.24, 2.45) is 0 Å². The number of ether oxygens (including phenoxy) is 1. The van der Waals surface area contributed by atoms with E-state index in [-0.39, 0.29) is 29.1 Å². The van der Waals surface area contributed by atoms with Gasteiger partial charge < -0.3 is 15.0 Å². The van der Waals surface area contributed by atoms with Crippen molar-refractivity contribution in [2.75, 3.05) is 17.5 Å². The van der Waals surface area contributed by atoms with Crippen LogP contribution in [0.1, 0.15) is 45.2 Å². The van der Waals surface area contributed by atoms with E-state index in [1.807, 2.05) is 27.7 Å². The lowest BCUT2D eigenvalue weighted by Gasteiger charge is -2.32. The Morgan fingerprint density at radius 2 is 1.60 bits per heavy atom. The Hall–Kier alpha value is -3.27. The number of hydrogen-bond donors (Lipinski definition) is 1. The standard InChI is InChI=1S/C31H37Cl2N3O5S/c1-6-22(4)34-31(38)23(5)35(19-24-10-11-25(32)18-29(24)33)30(37)20-36(26-12-14-27(15-13-26)41-7-2)42(39,40)28-16-8-21(3)9-17-28/h8-18,22-23H,6-7,19-20H2,1-5H3,(H,34,38)/t22-,23+/m0/s1. The lowest BCUT2D eigenvalue weighted by atomic mass is 10.1. The van der Waals surface area contributed by atoms with Gasteiger partial charge in [-0.15, -0.1) is 0 Å². The predicted octanol–water partition coefficient (Wildman–Crippen LogP) is 6.23. The Kier molecular flexibility index (Phi) is 11.7. The molecular formula is C31H37Cl2N3O5S. The van der Waals surface area contributed by atoms with E-state index in [9.17, 15) is 18.0 Å². The molecular weight excluding hydrogens is 597 g/mol. The summed E-state index contributed by atoms with van der Waals surface area (Å²) in [5.41, 5.74) is 1.73. The van der Waals surface area contributed by atoms with Crippen LogP contribution in [0.4, 0.5) is 5.69 Å². The highest BCUT2D eigenvalue weighted by Gasteiger charge is 2.33. The normalized spacial score (nSPS) is 12.7. The van der Waals surface area contributed by atoms with Crippen LogP contribution in [0.15, 0.2) is 71.6 Å². The maximum atomic E-state index is 14.1. The SMILES string of the molecule is CCOc1ccc(N(CC(=O)N(Cc2ccc(Cl)cc2Cl)[C@H](C)C(=O)N[C@@H](C)CC)S(=O)(=O)c2ccc(C)cc2)cc1. The minimum atomic E-state index is -4.18. The van der Waals surface area contributed by atoms with Crippen LogP contribution in [-0.4, -0.2) is 50.4 Å². The van der Waals surface area contributed by atoms with Crippen LogP contribution >= 0.6 is 23.2 Å². The summed E-state index contributed by atoms with van der Waals surface area (Å²) < 4.78 is 34.5. The molecule has 0 aliphatic rings. The van der Waals surface area contributed by atoms with Gasteiger partial charge in [0.05, 0.1) is 17.2 Å². The van der Waals surface area contributed by atoms with Gasteiger partial charge >= 0.3 is 0 Å². The average molecular weight is 635 g/mol. The van der Waals surface area contributed by atoms with Crippen LogP contribution in [0.5, 0.6) is 5.75 Å². The van der Waals surface area contributed by atoms with Crippen LogP contribution in [0.3, 0.4) is 0 Å². The molecule has 0 saturated carbocycles. The Morgan fingerprint density at radius 3 is 2.17 bits per heavy atom. The van der Waals surface area contributed by atoms with E-state index in [4.69, 9.17) is 27.9 Å². The van der Waals surface area contributed by atoms with Crippen molar-refractivity contribution >= 4 is 50.7 Å². The Balaban J connectivity index is 2.05. The summed E-state index contributed by atoms with van der Waals surface area (Å²) in [5.74, 6) is -0.385. The molecule has 0 spiro atoms. The Labute approximate surface area is 258 Å². The van der Waals surface area contributed by atoms with Crippen LogP contribution in [-0.2, 0) is 26.2 Å². The fourth-order valence-corrected chi connectivity index (χ4v) is 6.01. The lowest BCUT2D eigenvalue weighted by molar-refractivity contribution is -0.139. The van der Waals surface area contributed by atoms with Crippen LogP contribution < -0.4 is 14.4 Å². The number of rotatable bonds is 13. The minimum absolute atomic E-state index is 0.0321. The topological polar surface area (TPSA) is 96.0 Å². The number of hydrogen-bond acceptors (Lipinski definition) is 5. The second kappa shape index (κ2) is 14.8. The molecule has 2 atom stereocenters. The van der Waals surface area contributed by atoms with Gasteiger partial charge in [-0.25, -0.2) is 8.42 Å². The minimum Gasteiger partial charge on any atom is -0.494 e. The highest BCUT2D eigenvalue weighted by molar-refractivity contribution is 7.92. The third-order valence-corrected chi connectivity index (χ3v) is 9.22. The first kappa shape index (κ1) is 33.2. The number of aryl methyl sites for hydroxylation is 1. The fraction of sp³-hybridized carbons (Fsp3) is 0.355. The summed E-state index contributed by atoms with van der Waals surface area (Å²) in [6.07, 6.45) is 0.704. The monoisotopic (exact) mass is 633 g/mol. The molecule has 3 aromatic rings. The Bertz CT molecular complexity index is 1480. The van der Waals surface area contributed by atoms with Crippen molar-refractivity contribution < 1.29 is 22.7 Å². The van der Waals surface area contributed by atoms with Gasteiger partial charge in [0.2, 0.25) is 11.8 Å². The molecule has 0 aliphatic carbocycles. The molecule has 226 valence electrons. The summed E-state index contributed by atoms with van der Waals surface area (Å²) in [4.78, 5) is 28.6. The van der Waals surface area contributed by atoms with Crippen molar-refractivity contribution in [3.63, 3.8) is 0 Å². The third kappa shape index (κ3) is 8.40. The van der Waals surface area contributed by atoms with Crippen LogP contribution in [0.25, 0.3) is 0 Å². The first-order chi connectivity index (χ1) is 19.9. The molecule has 0 saturated heterocycles. The molecule has 0 fully saturated rings. The molecule has 0 unspecified atom stereocenters. The van der Waals surface area contributed by atoms with Gasteiger partial charge in [0.15, 0.2) is 0 Å². The number of anilines is 1. The van der Waals surface area contributed by atoms with Gasteiger partial charge in [-0.05, 0) is 88.2 Å². The fourth-order valence-electron chi connectivity index (χ4n) is 4.12. The van der Waals surface area contributed by atoms with E-state index in [0.29, 0.717) is 34.4 Å². The van der Waals surface area contributed by atoms with Crippen molar-refractivity contribution in [1.29, 1.82) is 0 Å². The van der Waals surface area contributed by atoms with Crippen LogP contribution in [0.2, 0.25) is 10.0 Å². The summed E-state index contributed by atoms with van der Waals surface area (Å²) in [7, 11) is -4.18. The largest absolute Gasteiger partial charge is 0.494 e. The molecule has 3 rings (SSSR count). The maximum absolute atomic E-state index is 14.1. The predicted molar refractivity (Wildman–Crippen MR) is 168 cm³/mol.